The predicted molar refractivity (Wildman–Crippen MR) is 91.4 cm³/mol. The number of nitrogens with zero attached hydrogens (tertiary/aromatic N) is 1. The molecule has 1 aromatic carbocycles. The fourth-order valence-corrected chi connectivity index (χ4v) is 2.74. The molecule has 0 atom stereocenters. The first-order valence-electron chi connectivity index (χ1n) is 8.50. The minimum Gasteiger partial charge on any atom is -0.356 e. The SMILES string of the molecule is CCCNC(=O)C1CCN(C(=O)CNC(=O)c2ccccc2)CC1. The van der Waals surface area contributed by atoms with Crippen LogP contribution in [-0.2, 0) is 9.59 Å². The van der Waals surface area contributed by atoms with E-state index in [0.717, 1.165) is 6.42 Å². The van der Waals surface area contributed by atoms with Crippen molar-refractivity contribution in [2.24, 2.45) is 5.92 Å². The van der Waals surface area contributed by atoms with E-state index in [1.807, 2.05) is 13.0 Å². The number of hydrogen-bond donors (Lipinski definition) is 2. The van der Waals surface area contributed by atoms with Crippen molar-refractivity contribution in [2.75, 3.05) is 26.2 Å². The van der Waals surface area contributed by atoms with Gasteiger partial charge in [-0.15, -0.1) is 0 Å². The van der Waals surface area contributed by atoms with Crippen LogP contribution < -0.4 is 10.6 Å². The standard InChI is InChI=1S/C18H25N3O3/c1-2-10-19-17(23)15-8-11-21(12-9-15)16(22)13-20-18(24)14-6-4-3-5-7-14/h3-7,15H,2,8-13H2,1H3,(H,19,23)(H,20,24). The molecule has 24 heavy (non-hydrogen) atoms. The molecule has 0 bridgehead atoms. The van der Waals surface area contributed by atoms with Gasteiger partial charge in [-0.05, 0) is 31.4 Å². The molecule has 1 fully saturated rings. The molecule has 0 unspecified atom stereocenters. The van der Waals surface area contributed by atoms with Crippen molar-refractivity contribution in [3.05, 3.63) is 35.9 Å². The summed E-state index contributed by atoms with van der Waals surface area (Å²) in [5.41, 5.74) is 0.539. The Hall–Kier alpha value is -2.37. The number of rotatable bonds is 6. The highest BCUT2D eigenvalue weighted by Gasteiger charge is 2.27. The third kappa shape index (κ3) is 5.08. The van der Waals surface area contributed by atoms with E-state index in [1.165, 1.54) is 0 Å². The summed E-state index contributed by atoms with van der Waals surface area (Å²) in [6.07, 6.45) is 2.27. The minimum absolute atomic E-state index is 0.0135. The van der Waals surface area contributed by atoms with E-state index < -0.39 is 0 Å². The Morgan fingerprint density at radius 2 is 1.75 bits per heavy atom. The number of benzene rings is 1. The Balaban J connectivity index is 1.73. The van der Waals surface area contributed by atoms with Crippen LogP contribution in [0, 0.1) is 5.92 Å². The highest BCUT2D eigenvalue weighted by molar-refractivity contribution is 5.96. The van der Waals surface area contributed by atoms with Gasteiger partial charge >= 0.3 is 0 Å². The maximum Gasteiger partial charge on any atom is 0.251 e. The lowest BCUT2D eigenvalue weighted by Gasteiger charge is -2.31. The molecule has 0 spiro atoms. The van der Waals surface area contributed by atoms with Crippen LogP contribution in [0.5, 0.6) is 0 Å². The summed E-state index contributed by atoms with van der Waals surface area (Å²) in [7, 11) is 0. The van der Waals surface area contributed by atoms with Crippen molar-refractivity contribution in [1.82, 2.24) is 15.5 Å². The van der Waals surface area contributed by atoms with Crippen LogP contribution in [0.25, 0.3) is 0 Å². The lowest BCUT2D eigenvalue weighted by Crippen LogP contribution is -2.46. The van der Waals surface area contributed by atoms with Gasteiger partial charge in [0.2, 0.25) is 11.8 Å². The molecule has 0 saturated carbocycles. The van der Waals surface area contributed by atoms with Gasteiger partial charge in [0.1, 0.15) is 0 Å². The quantitative estimate of drug-likeness (QED) is 0.822. The molecule has 2 N–H and O–H groups in total. The van der Waals surface area contributed by atoms with Gasteiger partial charge in [0.15, 0.2) is 0 Å². The molecule has 130 valence electrons. The molecule has 1 aromatic rings. The van der Waals surface area contributed by atoms with Crippen LogP contribution in [0.4, 0.5) is 0 Å². The van der Waals surface area contributed by atoms with E-state index in [0.29, 0.717) is 38.0 Å². The Morgan fingerprint density at radius 3 is 2.38 bits per heavy atom. The zero-order chi connectivity index (χ0) is 17.4. The van der Waals surface area contributed by atoms with Crippen molar-refractivity contribution in [3.63, 3.8) is 0 Å². The minimum atomic E-state index is -0.252. The van der Waals surface area contributed by atoms with Gasteiger partial charge in [0, 0.05) is 31.1 Å². The predicted octanol–water partition coefficient (Wildman–Crippen LogP) is 1.18. The second kappa shape index (κ2) is 9.05. The molecule has 0 aliphatic carbocycles. The lowest BCUT2D eigenvalue weighted by molar-refractivity contribution is -0.134. The molecule has 0 aromatic heterocycles. The van der Waals surface area contributed by atoms with Crippen LogP contribution in [0.2, 0.25) is 0 Å². The number of piperidine rings is 1. The molecule has 0 radical (unpaired) electrons. The highest BCUT2D eigenvalue weighted by atomic mass is 16.2. The van der Waals surface area contributed by atoms with Gasteiger partial charge in [-0.25, -0.2) is 0 Å². The van der Waals surface area contributed by atoms with Crippen molar-refractivity contribution >= 4 is 17.7 Å². The Morgan fingerprint density at radius 1 is 1.08 bits per heavy atom. The number of hydrogen-bond acceptors (Lipinski definition) is 3. The fourth-order valence-electron chi connectivity index (χ4n) is 2.74. The normalized spacial score (nSPS) is 15.0. The zero-order valence-electron chi connectivity index (χ0n) is 14.1. The summed E-state index contributed by atoms with van der Waals surface area (Å²) in [4.78, 5) is 37.8. The van der Waals surface area contributed by atoms with E-state index in [4.69, 9.17) is 0 Å². The molecule has 3 amide bonds. The van der Waals surface area contributed by atoms with Crippen molar-refractivity contribution < 1.29 is 14.4 Å². The van der Waals surface area contributed by atoms with Gasteiger partial charge in [0.25, 0.3) is 5.91 Å². The molecule has 1 aliphatic heterocycles. The molecule has 6 nitrogen and oxygen atoms in total. The maximum absolute atomic E-state index is 12.2. The van der Waals surface area contributed by atoms with Crippen molar-refractivity contribution in [3.8, 4) is 0 Å². The molecule has 1 saturated heterocycles. The van der Waals surface area contributed by atoms with Gasteiger partial charge in [-0.2, -0.15) is 0 Å². The van der Waals surface area contributed by atoms with E-state index in [2.05, 4.69) is 10.6 Å². The summed E-state index contributed by atoms with van der Waals surface area (Å²) >= 11 is 0. The monoisotopic (exact) mass is 331 g/mol. The summed E-state index contributed by atoms with van der Waals surface area (Å²) in [5, 5.41) is 5.55. The molecule has 1 heterocycles. The largest absolute Gasteiger partial charge is 0.356 e. The second-order valence-corrected chi connectivity index (χ2v) is 5.99. The Labute approximate surface area is 142 Å². The third-order valence-electron chi connectivity index (χ3n) is 4.20. The number of amides is 3. The fraction of sp³-hybridized carbons (Fsp3) is 0.500. The van der Waals surface area contributed by atoms with Crippen LogP contribution in [0.3, 0.4) is 0 Å². The van der Waals surface area contributed by atoms with Crippen molar-refractivity contribution in [1.29, 1.82) is 0 Å². The number of carbonyl (C=O) groups excluding carboxylic acids is 3. The third-order valence-corrected chi connectivity index (χ3v) is 4.20. The number of carbonyl (C=O) groups is 3. The number of likely N-dealkylation sites (tertiary alicyclic amines) is 1. The van der Waals surface area contributed by atoms with Gasteiger partial charge in [-0.3, -0.25) is 14.4 Å². The first-order valence-corrected chi connectivity index (χ1v) is 8.50. The average Bonchev–Trinajstić information content (AvgIpc) is 2.64. The number of nitrogens with one attached hydrogen (secondary N) is 2. The highest BCUT2D eigenvalue weighted by Crippen LogP contribution is 2.17. The first-order chi connectivity index (χ1) is 11.6. The van der Waals surface area contributed by atoms with Crippen LogP contribution in [-0.4, -0.2) is 48.8 Å². The summed E-state index contributed by atoms with van der Waals surface area (Å²) in [6.45, 7) is 3.82. The van der Waals surface area contributed by atoms with E-state index >= 15 is 0 Å². The van der Waals surface area contributed by atoms with E-state index in [9.17, 15) is 14.4 Å². The first kappa shape index (κ1) is 18.0. The van der Waals surface area contributed by atoms with E-state index in [1.54, 1.807) is 29.2 Å². The molecule has 2 rings (SSSR count). The Bertz CT molecular complexity index is 566. The molecular formula is C18H25N3O3. The molecular weight excluding hydrogens is 306 g/mol. The summed E-state index contributed by atoms with van der Waals surface area (Å²) in [6, 6.07) is 8.82. The topological polar surface area (TPSA) is 78.5 Å². The second-order valence-electron chi connectivity index (χ2n) is 5.99. The maximum atomic E-state index is 12.2. The lowest BCUT2D eigenvalue weighted by atomic mass is 9.96. The zero-order valence-corrected chi connectivity index (χ0v) is 14.1. The molecule has 6 heteroatoms. The smallest absolute Gasteiger partial charge is 0.251 e. The van der Waals surface area contributed by atoms with Gasteiger partial charge in [-0.1, -0.05) is 25.1 Å². The van der Waals surface area contributed by atoms with Crippen molar-refractivity contribution in [2.45, 2.75) is 26.2 Å². The average molecular weight is 331 g/mol. The van der Waals surface area contributed by atoms with Crippen LogP contribution in [0.1, 0.15) is 36.5 Å². The summed E-state index contributed by atoms with van der Waals surface area (Å²) < 4.78 is 0. The summed E-state index contributed by atoms with van der Waals surface area (Å²) in [5.74, 6) is -0.287. The van der Waals surface area contributed by atoms with Gasteiger partial charge in [0.05, 0.1) is 6.54 Å². The van der Waals surface area contributed by atoms with E-state index in [-0.39, 0.29) is 30.2 Å². The molecule has 1 aliphatic rings. The van der Waals surface area contributed by atoms with Crippen LogP contribution in [0.15, 0.2) is 30.3 Å². The Kier molecular flexibility index (Phi) is 6.78. The van der Waals surface area contributed by atoms with Gasteiger partial charge < -0.3 is 15.5 Å². The van der Waals surface area contributed by atoms with Crippen LogP contribution >= 0.6 is 0 Å².